The maximum atomic E-state index is 12.7. The third-order valence-corrected chi connectivity index (χ3v) is 6.04. The summed E-state index contributed by atoms with van der Waals surface area (Å²) in [6.07, 6.45) is 1.03. The van der Waals surface area contributed by atoms with Gasteiger partial charge in [0.25, 0.3) is 0 Å². The maximum absolute atomic E-state index is 12.7. The standard InChI is InChI=1S/C16H15F3N4O.C8H5FO3S/c17-16(18,19)15-22-8-11(9-23-15)10-3-5-20-12(7-10)1-2-14(24)13-4-6-21-13;9-6-1-2-7-5(3-6)4-8(12-7)13(10)11/h3,5,7-9,13,21H,1-2,4,6H2;1-4H,(H,10,11)/p-1/t13-;/m0./s1. The minimum absolute atomic E-state index is 0.0449. The van der Waals surface area contributed by atoms with Gasteiger partial charge < -0.3 is 14.3 Å². The Balaban J connectivity index is 0.000000207. The van der Waals surface area contributed by atoms with Crippen molar-refractivity contribution in [1.82, 2.24) is 20.3 Å². The van der Waals surface area contributed by atoms with E-state index in [0.717, 1.165) is 25.4 Å². The summed E-state index contributed by atoms with van der Waals surface area (Å²) in [6.45, 7) is 0.873. The Morgan fingerprint density at radius 3 is 2.46 bits per heavy atom. The molecule has 194 valence electrons. The third-order valence-electron chi connectivity index (χ3n) is 5.52. The highest BCUT2D eigenvalue weighted by atomic mass is 32.2. The monoisotopic (exact) mass is 535 g/mol. The van der Waals surface area contributed by atoms with Crippen molar-refractivity contribution in [2.75, 3.05) is 6.54 Å². The SMILES string of the molecule is O=C(CCc1cc(-c2cnc(C(F)(F)F)nc2)ccn1)[C@@H]1CCN1.O=S([O-])c1cc2cc(F)ccc2o1. The maximum Gasteiger partial charge on any atom is 0.451 e. The zero-order valence-corrected chi connectivity index (χ0v) is 19.8. The Kier molecular flexibility index (Phi) is 8.05. The van der Waals surface area contributed by atoms with E-state index in [1.54, 1.807) is 18.3 Å². The highest BCUT2D eigenvalue weighted by molar-refractivity contribution is 7.79. The number of carbonyl (C=O) groups is 1. The van der Waals surface area contributed by atoms with Crippen molar-refractivity contribution < 1.29 is 35.5 Å². The fourth-order valence-electron chi connectivity index (χ4n) is 3.48. The summed E-state index contributed by atoms with van der Waals surface area (Å²) in [6, 6.07) is 8.47. The van der Waals surface area contributed by atoms with E-state index in [2.05, 4.69) is 20.3 Å². The van der Waals surface area contributed by atoms with E-state index in [0.29, 0.717) is 40.6 Å². The molecule has 13 heteroatoms. The van der Waals surface area contributed by atoms with Crippen LogP contribution in [-0.2, 0) is 28.5 Å². The lowest BCUT2D eigenvalue weighted by Crippen LogP contribution is -2.48. The van der Waals surface area contributed by atoms with Gasteiger partial charge in [0.15, 0.2) is 5.09 Å². The van der Waals surface area contributed by atoms with Gasteiger partial charge in [-0.1, -0.05) is 0 Å². The fourth-order valence-corrected chi connectivity index (χ4v) is 3.86. The average molecular weight is 535 g/mol. The second-order valence-corrected chi connectivity index (χ2v) is 8.94. The number of hydrogen-bond donors (Lipinski definition) is 1. The van der Waals surface area contributed by atoms with E-state index < -0.39 is 28.9 Å². The van der Waals surface area contributed by atoms with Gasteiger partial charge in [0.05, 0.1) is 6.04 Å². The van der Waals surface area contributed by atoms with Crippen LogP contribution in [0.25, 0.3) is 22.1 Å². The summed E-state index contributed by atoms with van der Waals surface area (Å²) >= 11 is -2.41. The number of pyridine rings is 1. The molecule has 0 aliphatic carbocycles. The van der Waals surface area contributed by atoms with Gasteiger partial charge in [0.2, 0.25) is 5.82 Å². The first-order valence-corrected chi connectivity index (χ1v) is 12.1. The van der Waals surface area contributed by atoms with Crippen molar-refractivity contribution in [3.8, 4) is 11.1 Å². The van der Waals surface area contributed by atoms with Crippen LogP contribution in [0.15, 0.2) is 64.5 Å². The Morgan fingerprint density at radius 2 is 1.84 bits per heavy atom. The van der Waals surface area contributed by atoms with Crippen molar-refractivity contribution in [2.24, 2.45) is 0 Å². The van der Waals surface area contributed by atoms with E-state index in [9.17, 15) is 31.1 Å². The van der Waals surface area contributed by atoms with Gasteiger partial charge >= 0.3 is 6.18 Å². The van der Waals surface area contributed by atoms with Crippen molar-refractivity contribution in [2.45, 2.75) is 36.6 Å². The normalized spacial score (nSPS) is 16.0. The molecular formula is C24H19F4N4O4S-. The van der Waals surface area contributed by atoms with Gasteiger partial charge in [-0.25, -0.2) is 14.4 Å². The van der Waals surface area contributed by atoms with Gasteiger partial charge in [-0.15, -0.1) is 0 Å². The van der Waals surface area contributed by atoms with E-state index in [1.165, 1.54) is 24.3 Å². The molecule has 1 saturated heterocycles. The number of furan rings is 1. The van der Waals surface area contributed by atoms with Gasteiger partial charge in [0, 0.05) is 58.8 Å². The Labute approximate surface area is 210 Å². The molecule has 0 saturated carbocycles. The van der Waals surface area contributed by atoms with Crippen LogP contribution in [0.4, 0.5) is 17.6 Å². The van der Waals surface area contributed by atoms with Crippen molar-refractivity contribution in [1.29, 1.82) is 0 Å². The van der Waals surface area contributed by atoms with Crippen LogP contribution in [0, 0.1) is 5.82 Å². The second-order valence-electron chi connectivity index (χ2n) is 8.07. The summed E-state index contributed by atoms with van der Waals surface area (Å²) < 4.78 is 76.0. The molecule has 2 atom stereocenters. The summed E-state index contributed by atoms with van der Waals surface area (Å²) in [7, 11) is 0. The molecule has 1 unspecified atom stereocenters. The first-order chi connectivity index (χ1) is 17.6. The highest BCUT2D eigenvalue weighted by Gasteiger charge is 2.34. The molecule has 3 aromatic heterocycles. The van der Waals surface area contributed by atoms with Crippen molar-refractivity contribution in [3.05, 3.63) is 72.3 Å². The molecule has 1 aromatic carbocycles. The van der Waals surface area contributed by atoms with Crippen LogP contribution in [0.2, 0.25) is 0 Å². The second kappa shape index (κ2) is 11.2. The zero-order chi connectivity index (χ0) is 26.6. The van der Waals surface area contributed by atoms with Gasteiger partial charge in [-0.05, 0) is 55.3 Å². The lowest BCUT2D eigenvalue weighted by atomic mass is 9.98. The molecule has 1 aliphatic heterocycles. The topological polar surface area (TPSA) is 121 Å². The summed E-state index contributed by atoms with van der Waals surface area (Å²) in [5.74, 6) is -1.43. The predicted molar refractivity (Wildman–Crippen MR) is 123 cm³/mol. The number of benzene rings is 1. The molecular weight excluding hydrogens is 516 g/mol. The third kappa shape index (κ3) is 6.81. The molecule has 1 fully saturated rings. The van der Waals surface area contributed by atoms with E-state index >= 15 is 0 Å². The number of alkyl halides is 3. The number of hydrogen-bond acceptors (Lipinski definition) is 8. The number of fused-ring (bicyclic) bond motifs is 1. The lowest BCUT2D eigenvalue weighted by molar-refractivity contribution is -0.145. The van der Waals surface area contributed by atoms with Crippen LogP contribution in [-0.4, -0.2) is 42.1 Å². The minimum atomic E-state index is -4.56. The number of nitrogens with zero attached hydrogens (tertiary/aromatic N) is 3. The largest absolute Gasteiger partial charge is 0.766 e. The highest BCUT2D eigenvalue weighted by Crippen LogP contribution is 2.27. The minimum Gasteiger partial charge on any atom is -0.766 e. The molecule has 0 spiro atoms. The van der Waals surface area contributed by atoms with Crippen LogP contribution in [0.3, 0.4) is 0 Å². The summed E-state index contributed by atoms with van der Waals surface area (Å²) in [5, 5.41) is 3.32. The van der Waals surface area contributed by atoms with Crippen LogP contribution < -0.4 is 5.32 Å². The van der Waals surface area contributed by atoms with Gasteiger partial charge in [0.1, 0.15) is 17.2 Å². The van der Waals surface area contributed by atoms with E-state index in [4.69, 9.17) is 4.42 Å². The number of ketones is 1. The van der Waals surface area contributed by atoms with E-state index in [-0.39, 0.29) is 16.9 Å². The number of halogens is 4. The molecule has 4 aromatic rings. The Hall–Kier alpha value is -3.55. The number of rotatable bonds is 6. The van der Waals surface area contributed by atoms with Crippen LogP contribution in [0.1, 0.15) is 24.4 Å². The zero-order valence-electron chi connectivity index (χ0n) is 19.0. The Morgan fingerprint density at radius 1 is 1.11 bits per heavy atom. The quantitative estimate of drug-likeness (QED) is 0.288. The van der Waals surface area contributed by atoms with Crippen LogP contribution >= 0.6 is 0 Å². The summed E-state index contributed by atoms with van der Waals surface area (Å²) in [4.78, 5) is 22.8. The first kappa shape index (κ1) is 26.5. The average Bonchev–Trinajstić information content (AvgIpc) is 3.26. The van der Waals surface area contributed by atoms with Crippen molar-refractivity contribution >= 4 is 27.8 Å². The number of carbonyl (C=O) groups excluding carboxylic acids is 1. The number of Topliss-reactive ketones (excluding diaryl/α,β-unsaturated/α-hetero) is 1. The number of nitrogens with one attached hydrogen (secondary N) is 1. The first-order valence-electron chi connectivity index (χ1n) is 11.0. The number of aromatic nitrogens is 3. The molecule has 1 aliphatic rings. The van der Waals surface area contributed by atoms with E-state index in [1.807, 2.05) is 0 Å². The molecule has 0 bridgehead atoms. The van der Waals surface area contributed by atoms with Gasteiger partial charge in [-0.2, -0.15) is 13.2 Å². The smallest absolute Gasteiger partial charge is 0.451 e. The Bertz CT molecular complexity index is 1420. The number of aryl methyl sites for hydroxylation is 1. The molecule has 4 heterocycles. The van der Waals surface area contributed by atoms with Crippen molar-refractivity contribution in [3.63, 3.8) is 0 Å². The molecule has 0 amide bonds. The fraction of sp³-hybridized carbons (Fsp3) is 0.250. The lowest BCUT2D eigenvalue weighted by Gasteiger charge is -2.25. The molecule has 1 N–H and O–H groups in total. The molecule has 37 heavy (non-hydrogen) atoms. The van der Waals surface area contributed by atoms with Gasteiger partial charge in [-0.3, -0.25) is 14.0 Å². The molecule has 0 radical (unpaired) electrons. The molecule has 5 rings (SSSR count). The predicted octanol–water partition coefficient (Wildman–Crippen LogP) is 4.23. The molecule has 8 nitrogen and oxygen atoms in total. The summed E-state index contributed by atoms with van der Waals surface area (Å²) in [5.41, 5.74) is 2.21. The van der Waals surface area contributed by atoms with Crippen LogP contribution in [0.5, 0.6) is 0 Å².